The zero-order valence-electron chi connectivity index (χ0n) is 8.83. The molecule has 0 radical (unpaired) electrons. The SMILES string of the molecule is COCc1nc(C2CC2C)nc(N)c1Br. The van der Waals surface area contributed by atoms with Gasteiger partial charge in [0.05, 0.1) is 16.8 Å². The highest BCUT2D eigenvalue weighted by Crippen LogP contribution is 2.46. The Morgan fingerprint density at radius 3 is 2.73 bits per heavy atom. The predicted octanol–water partition coefficient (Wildman–Crippen LogP) is 2.09. The van der Waals surface area contributed by atoms with E-state index in [-0.39, 0.29) is 0 Å². The first kappa shape index (κ1) is 10.8. The van der Waals surface area contributed by atoms with E-state index < -0.39 is 0 Å². The molecule has 5 heteroatoms. The molecule has 1 heterocycles. The number of anilines is 1. The van der Waals surface area contributed by atoms with Gasteiger partial charge in [-0.25, -0.2) is 9.97 Å². The number of hydrogen-bond acceptors (Lipinski definition) is 4. The maximum absolute atomic E-state index is 5.81. The zero-order chi connectivity index (χ0) is 11.0. The van der Waals surface area contributed by atoms with E-state index in [1.165, 1.54) is 0 Å². The first-order chi connectivity index (χ1) is 7.13. The fraction of sp³-hybridized carbons (Fsp3) is 0.600. The molecular weight excluding hydrogens is 258 g/mol. The number of methoxy groups -OCH3 is 1. The molecule has 0 saturated heterocycles. The number of halogens is 1. The summed E-state index contributed by atoms with van der Waals surface area (Å²) in [6, 6.07) is 0. The van der Waals surface area contributed by atoms with E-state index in [9.17, 15) is 0 Å². The lowest BCUT2D eigenvalue weighted by Gasteiger charge is -2.07. The van der Waals surface area contributed by atoms with E-state index in [4.69, 9.17) is 10.5 Å². The van der Waals surface area contributed by atoms with Gasteiger partial charge in [-0.1, -0.05) is 6.92 Å². The minimum atomic E-state index is 0.460. The zero-order valence-corrected chi connectivity index (χ0v) is 10.4. The number of nitrogen functional groups attached to an aromatic ring is 1. The van der Waals surface area contributed by atoms with Gasteiger partial charge in [0.1, 0.15) is 11.6 Å². The molecule has 1 aliphatic carbocycles. The van der Waals surface area contributed by atoms with Crippen molar-refractivity contribution in [3.63, 3.8) is 0 Å². The summed E-state index contributed by atoms with van der Waals surface area (Å²) < 4.78 is 5.82. The highest BCUT2D eigenvalue weighted by atomic mass is 79.9. The topological polar surface area (TPSA) is 61.0 Å². The van der Waals surface area contributed by atoms with Crippen LogP contribution in [-0.4, -0.2) is 17.1 Å². The van der Waals surface area contributed by atoms with Crippen LogP contribution in [0.2, 0.25) is 0 Å². The van der Waals surface area contributed by atoms with Crippen LogP contribution in [-0.2, 0) is 11.3 Å². The molecule has 1 aromatic rings. The van der Waals surface area contributed by atoms with Gasteiger partial charge >= 0.3 is 0 Å². The van der Waals surface area contributed by atoms with E-state index in [1.807, 2.05) is 0 Å². The molecule has 0 spiro atoms. The van der Waals surface area contributed by atoms with Gasteiger partial charge in [0.15, 0.2) is 0 Å². The quantitative estimate of drug-likeness (QED) is 0.915. The molecule has 15 heavy (non-hydrogen) atoms. The lowest BCUT2D eigenvalue weighted by molar-refractivity contribution is 0.180. The van der Waals surface area contributed by atoms with Crippen molar-refractivity contribution in [3.05, 3.63) is 16.0 Å². The van der Waals surface area contributed by atoms with Crippen molar-refractivity contribution >= 4 is 21.7 Å². The molecule has 2 rings (SSSR count). The Kier molecular flexibility index (Phi) is 2.93. The number of hydrogen-bond donors (Lipinski definition) is 1. The van der Waals surface area contributed by atoms with E-state index in [1.54, 1.807) is 7.11 Å². The molecular formula is C10H14BrN3O. The van der Waals surface area contributed by atoms with Gasteiger partial charge in [-0.05, 0) is 28.3 Å². The average Bonchev–Trinajstić information content (AvgIpc) is 2.91. The predicted molar refractivity (Wildman–Crippen MR) is 61.4 cm³/mol. The van der Waals surface area contributed by atoms with E-state index in [0.717, 1.165) is 22.4 Å². The second kappa shape index (κ2) is 4.06. The molecule has 0 aromatic carbocycles. The largest absolute Gasteiger partial charge is 0.383 e. The van der Waals surface area contributed by atoms with Gasteiger partial charge in [-0.2, -0.15) is 0 Å². The monoisotopic (exact) mass is 271 g/mol. The molecule has 2 unspecified atom stereocenters. The molecule has 1 fully saturated rings. The minimum Gasteiger partial charge on any atom is -0.383 e. The lowest BCUT2D eigenvalue weighted by atomic mass is 10.3. The normalized spacial score (nSPS) is 24.2. The van der Waals surface area contributed by atoms with Crippen molar-refractivity contribution in [2.75, 3.05) is 12.8 Å². The third kappa shape index (κ3) is 2.13. The fourth-order valence-corrected chi connectivity index (χ4v) is 1.90. The van der Waals surface area contributed by atoms with Crippen LogP contribution in [0.25, 0.3) is 0 Å². The summed E-state index contributed by atoms with van der Waals surface area (Å²) in [5.74, 6) is 2.53. The summed E-state index contributed by atoms with van der Waals surface area (Å²) in [7, 11) is 1.64. The van der Waals surface area contributed by atoms with Crippen molar-refractivity contribution in [3.8, 4) is 0 Å². The number of nitrogens with zero attached hydrogens (tertiary/aromatic N) is 2. The van der Waals surface area contributed by atoms with Crippen molar-refractivity contribution in [2.45, 2.75) is 25.9 Å². The number of aromatic nitrogens is 2. The minimum absolute atomic E-state index is 0.460. The molecule has 2 N–H and O–H groups in total. The Morgan fingerprint density at radius 2 is 2.20 bits per heavy atom. The summed E-state index contributed by atoms with van der Waals surface area (Å²) in [5, 5.41) is 0. The number of ether oxygens (including phenoxy) is 1. The summed E-state index contributed by atoms with van der Waals surface area (Å²) in [5.41, 5.74) is 6.64. The summed E-state index contributed by atoms with van der Waals surface area (Å²) in [4.78, 5) is 8.76. The van der Waals surface area contributed by atoms with Crippen LogP contribution >= 0.6 is 15.9 Å². The van der Waals surface area contributed by atoms with E-state index in [0.29, 0.717) is 24.3 Å². The highest BCUT2D eigenvalue weighted by Gasteiger charge is 2.37. The number of rotatable bonds is 3. The Balaban J connectivity index is 2.33. The smallest absolute Gasteiger partial charge is 0.141 e. The van der Waals surface area contributed by atoms with Crippen LogP contribution < -0.4 is 5.73 Å². The highest BCUT2D eigenvalue weighted by molar-refractivity contribution is 9.10. The lowest BCUT2D eigenvalue weighted by Crippen LogP contribution is -2.05. The molecule has 4 nitrogen and oxygen atoms in total. The van der Waals surface area contributed by atoms with Gasteiger partial charge in [0.2, 0.25) is 0 Å². The third-order valence-electron chi connectivity index (χ3n) is 2.68. The summed E-state index contributed by atoms with van der Waals surface area (Å²) in [6.07, 6.45) is 1.16. The van der Waals surface area contributed by atoms with Crippen LogP contribution in [0.5, 0.6) is 0 Å². The van der Waals surface area contributed by atoms with E-state index in [2.05, 4.69) is 32.8 Å². The van der Waals surface area contributed by atoms with Crippen LogP contribution in [0.3, 0.4) is 0 Å². The first-order valence-electron chi connectivity index (χ1n) is 4.94. The molecule has 82 valence electrons. The Labute approximate surface area is 97.4 Å². The van der Waals surface area contributed by atoms with E-state index >= 15 is 0 Å². The number of nitrogens with two attached hydrogens (primary N) is 1. The Bertz CT molecular complexity index is 383. The standard InChI is InChI=1S/C10H14BrN3O/c1-5-3-6(5)10-13-7(4-15-2)8(11)9(12)14-10/h5-6H,3-4H2,1-2H3,(H2,12,13,14). The van der Waals surface area contributed by atoms with Crippen molar-refractivity contribution < 1.29 is 4.74 Å². The van der Waals surface area contributed by atoms with Crippen LogP contribution in [0, 0.1) is 5.92 Å². The molecule has 0 aliphatic heterocycles. The molecule has 1 saturated carbocycles. The van der Waals surface area contributed by atoms with Gasteiger partial charge in [0.25, 0.3) is 0 Å². The third-order valence-corrected chi connectivity index (χ3v) is 3.55. The molecule has 2 atom stereocenters. The van der Waals surface area contributed by atoms with Crippen molar-refractivity contribution in [1.82, 2.24) is 9.97 Å². The van der Waals surface area contributed by atoms with Crippen molar-refractivity contribution in [1.29, 1.82) is 0 Å². The average molecular weight is 272 g/mol. The van der Waals surface area contributed by atoms with Gasteiger partial charge < -0.3 is 10.5 Å². The summed E-state index contributed by atoms with van der Waals surface area (Å²) >= 11 is 3.37. The second-order valence-corrected chi connectivity index (χ2v) is 4.77. The second-order valence-electron chi connectivity index (χ2n) is 3.98. The van der Waals surface area contributed by atoms with Crippen molar-refractivity contribution in [2.24, 2.45) is 5.92 Å². The molecule has 0 amide bonds. The Morgan fingerprint density at radius 1 is 1.53 bits per heavy atom. The molecule has 1 aromatic heterocycles. The fourth-order valence-electron chi connectivity index (χ4n) is 1.61. The van der Waals surface area contributed by atoms with Crippen LogP contribution in [0.4, 0.5) is 5.82 Å². The van der Waals surface area contributed by atoms with Gasteiger partial charge in [-0.15, -0.1) is 0 Å². The molecule has 0 bridgehead atoms. The van der Waals surface area contributed by atoms with Gasteiger partial charge in [-0.3, -0.25) is 0 Å². The maximum atomic E-state index is 5.81. The van der Waals surface area contributed by atoms with Crippen LogP contribution in [0.1, 0.15) is 30.8 Å². The van der Waals surface area contributed by atoms with Crippen LogP contribution in [0.15, 0.2) is 4.47 Å². The first-order valence-corrected chi connectivity index (χ1v) is 5.73. The summed E-state index contributed by atoms with van der Waals surface area (Å²) in [6.45, 7) is 2.66. The molecule has 1 aliphatic rings. The Hall–Kier alpha value is -0.680. The van der Waals surface area contributed by atoms with Gasteiger partial charge in [0, 0.05) is 13.0 Å². The maximum Gasteiger partial charge on any atom is 0.141 e.